The van der Waals surface area contributed by atoms with Gasteiger partial charge in [0, 0.05) is 6.42 Å². The molecule has 0 aliphatic carbocycles. The number of hydrogen-bond acceptors (Lipinski definition) is 3. The number of aromatic amines is 1. The maximum atomic E-state index is 11.9. The van der Waals surface area contributed by atoms with E-state index in [-0.39, 0.29) is 5.91 Å². The fourth-order valence-electron chi connectivity index (χ4n) is 1.93. The van der Waals surface area contributed by atoms with Crippen LogP contribution in [0.25, 0.3) is 0 Å². The van der Waals surface area contributed by atoms with E-state index in [0.29, 0.717) is 18.7 Å². The van der Waals surface area contributed by atoms with Crippen molar-refractivity contribution in [1.82, 2.24) is 10.2 Å². The molecule has 1 aromatic heterocycles. The standard InChI is InChI=1S/C15H18BrN3O2/c1-3-12-14(16)15(19-18-12)17-13(20)9-6-10-4-7-11(21-2)8-5-10/h4-5,7-8H,3,6,9H2,1-2H3,(H2,17,18,19,20). The lowest BCUT2D eigenvalue weighted by molar-refractivity contribution is -0.116. The van der Waals surface area contributed by atoms with Gasteiger partial charge in [-0.1, -0.05) is 19.1 Å². The van der Waals surface area contributed by atoms with Gasteiger partial charge in [0.1, 0.15) is 5.75 Å². The van der Waals surface area contributed by atoms with Crippen molar-refractivity contribution in [2.45, 2.75) is 26.2 Å². The van der Waals surface area contributed by atoms with Crippen LogP contribution in [0.2, 0.25) is 0 Å². The number of nitrogens with zero attached hydrogens (tertiary/aromatic N) is 1. The summed E-state index contributed by atoms with van der Waals surface area (Å²) in [6, 6.07) is 7.72. The van der Waals surface area contributed by atoms with Gasteiger partial charge in [0.2, 0.25) is 5.91 Å². The summed E-state index contributed by atoms with van der Waals surface area (Å²) in [5.41, 5.74) is 2.07. The molecule has 0 saturated heterocycles. The normalized spacial score (nSPS) is 10.4. The Morgan fingerprint density at radius 1 is 1.38 bits per heavy atom. The number of carbonyl (C=O) groups excluding carboxylic acids is 1. The van der Waals surface area contributed by atoms with E-state index in [1.54, 1.807) is 7.11 Å². The van der Waals surface area contributed by atoms with E-state index in [2.05, 4.69) is 31.4 Å². The van der Waals surface area contributed by atoms with Crippen LogP contribution in [0.15, 0.2) is 28.7 Å². The summed E-state index contributed by atoms with van der Waals surface area (Å²) >= 11 is 3.43. The lowest BCUT2D eigenvalue weighted by Gasteiger charge is -2.04. The molecule has 0 aliphatic rings. The number of hydrogen-bond donors (Lipinski definition) is 2. The van der Waals surface area contributed by atoms with Crippen molar-refractivity contribution in [3.63, 3.8) is 0 Å². The fraction of sp³-hybridized carbons (Fsp3) is 0.333. The lowest BCUT2D eigenvalue weighted by atomic mass is 10.1. The molecule has 0 aliphatic heterocycles. The maximum absolute atomic E-state index is 11.9. The van der Waals surface area contributed by atoms with Crippen LogP contribution in [0.1, 0.15) is 24.6 Å². The zero-order chi connectivity index (χ0) is 15.2. The second-order valence-corrected chi connectivity index (χ2v) is 5.41. The minimum atomic E-state index is -0.0549. The molecule has 5 nitrogen and oxygen atoms in total. The first-order chi connectivity index (χ1) is 10.1. The van der Waals surface area contributed by atoms with Crippen LogP contribution in [0, 0.1) is 0 Å². The number of H-pyrrole nitrogens is 1. The van der Waals surface area contributed by atoms with E-state index >= 15 is 0 Å². The van der Waals surface area contributed by atoms with Gasteiger partial charge >= 0.3 is 0 Å². The molecule has 0 atom stereocenters. The zero-order valence-corrected chi connectivity index (χ0v) is 13.7. The first-order valence-corrected chi connectivity index (χ1v) is 7.58. The highest BCUT2D eigenvalue weighted by Crippen LogP contribution is 2.24. The van der Waals surface area contributed by atoms with Crippen molar-refractivity contribution in [3.05, 3.63) is 40.0 Å². The lowest BCUT2D eigenvalue weighted by Crippen LogP contribution is -2.13. The molecule has 0 bridgehead atoms. The Balaban J connectivity index is 1.87. The van der Waals surface area contributed by atoms with Crippen LogP contribution in [0.3, 0.4) is 0 Å². The number of aryl methyl sites for hydroxylation is 2. The van der Waals surface area contributed by atoms with Gasteiger partial charge in [0.05, 0.1) is 17.3 Å². The summed E-state index contributed by atoms with van der Waals surface area (Å²) in [7, 11) is 1.63. The quantitative estimate of drug-likeness (QED) is 0.838. The molecule has 0 unspecified atom stereocenters. The van der Waals surface area contributed by atoms with Crippen LogP contribution in [-0.4, -0.2) is 23.2 Å². The van der Waals surface area contributed by atoms with Crippen LogP contribution in [-0.2, 0) is 17.6 Å². The van der Waals surface area contributed by atoms with E-state index in [4.69, 9.17) is 4.74 Å². The van der Waals surface area contributed by atoms with Crippen molar-refractivity contribution >= 4 is 27.7 Å². The van der Waals surface area contributed by atoms with E-state index < -0.39 is 0 Å². The number of halogens is 1. The molecule has 0 fully saturated rings. The van der Waals surface area contributed by atoms with Gasteiger partial charge in [-0.05, 0) is 46.5 Å². The van der Waals surface area contributed by atoms with Crippen molar-refractivity contribution in [3.8, 4) is 5.75 Å². The Morgan fingerprint density at radius 3 is 2.67 bits per heavy atom. The molecule has 0 saturated carbocycles. The molecule has 2 N–H and O–H groups in total. The summed E-state index contributed by atoms with van der Waals surface area (Å²) in [6.07, 6.45) is 1.92. The highest BCUT2D eigenvalue weighted by Gasteiger charge is 2.12. The third-order valence-corrected chi connectivity index (χ3v) is 4.04. The van der Waals surface area contributed by atoms with Crippen LogP contribution in [0.4, 0.5) is 5.82 Å². The number of carbonyl (C=O) groups is 1. The Labute approximate surface area is 132 Å². The Kier molecular flexibility index (Phi) is 5.38. The average molecular weight is 352 g/mol. The smallest absolute Gasteiger partial charge is 0.225 e. The Morgan fingerprint density at radius 2 is 2.10 bits per heavy atom. The van der Waals surface area contributed by atoms with Gasteiger partial charge in [0.15, 0.2) is 5.82 Å². The van der Waals surface area contributed by atoms with Gasteiger partial charge in [0.25, 0.3) is 0 Å². The van der Waals surface area contributed by atoms with Crippen molar-refractivity contribution in [2.24, 2.45) is 0 Å². The summed E-state index contributed by atoms with van der Waals surface area (Å²) in [5, 5.41) is 9.78. The molecule has 2 aromatic rings. The number of methoxy groups -OCH3 is 1. The minimum Gasteiger partial charge on any atom is -0.497 e. The highest BCUT2D eigenvalue weighted by molar-refractivity contribution is 9.10. The molecule has 21 heavy (non-hydrogen) atoms. The number of ether oxygens (including phenoxy) is 1. The van der Waals surface area contributed by atoms with Crippen molar-refractivity contribution in [2.75, 3.05) is 12.4 Å². The number of benzene rings is 1. The third kappa shape index (κ3) is 4.07. The van der Waals surface area contributed by atoms with Crippen LogP contribution in [0.5, 0.6) is 5.75 Å². The molecular formula is C15H18BrN3O2. The summed E-state index contributed by atoms with van der Waals surface area (Å²) < 4.78 is 5.93. The van der Waals surface area contributed by atoms with Gasteiger partial charge < -0.3 is 10.1 Å². The van der Waals surface area contributed by atoms with E-state index in [0.717, 1.165) is 27.9 Å². The molecule has 0 radical (unpaired) electrons. The molecule has 2 rings (SSSR count). The minimum absolute atomic E-state index is 0.0549. The largest absolute Gasteiger partial charge is 0.497 e. The van der Waals surface area contributed by atoms with Crippen LogP contribution >= 0.6 is 15.9 Å². The molecular weight excluding hydrogens is 334 g/mol. The van der Waals surface area contributed by atoms with Crippen LogP contribution < -0.4 is 10.1 Å². The number of anilines is 1. The molecule has 0 spiro atoms. The monoisotopic (exact) mass is 351 g/mol. The topological polar surface area (TPSA) is 67.0 Å². The second-order valence-electron chi connectivity index (χ2n) is 4.61. The van der Waals surface area contributed by atoms with E-state index in [1.807, 2.05) is 31.2 Å². The zero-order valence-electron chi connectivity index (χ0n) is 12.1. The van der Waals surface area contributed by atoms with Crippen molar-refractivity contribution < 1.29 is 9.53 Å². The number of aromatic nitrogens is 2. The van der Waals surface area contributed by atoms with Gasteiger partial charge in [-0.15, -0.1) is 0 Å². The molecule has 1 aromatic carbocycles. The molecule has 6 heteroatoms. The number of amides is 1. The highest BCUT2D eigenvalue weighted by atomic mass is 79.9. The molecule has 112 valence electrons. The molecule has 1 amide bonds. The second kappa shape index (κ2) is 7.26. The average Bonchev–Trinajstić information content (AvgIpc) is 2.86. The SMILES string of the molecule is CCc1[nH]nc(NC(=O)CCc2ccc(OC)cc2)c1Br. The number of nitrogens with one attached hydrogen (secondary N) is 2. The predicted molar refractivity (Wildman–Crippen MR) is 85.6 cm³/mol. The third-order valence-electron chi connectivity index (χ3n) is 3.19. The fourth-order valence-corrected chi connectivity index (χ4v) is 2.48. The predicted octanol–water partition coefficient (Wildman–Crippen LogP) is 3.31. The summed E-state index contributed by atoms with van der Waals surface area (Å²) in [4.78, 5) is 11.9. The van der Waals surface area contributed by atoms with E-state index in [9.17, 15) is 4.79 Å². The van der Waals surface area contributed by atoms with E-state index in [1.165, 1.54) is 0 Å². The van der Waals surface area contributed by atoms with Gasteiger partial charge in [-0.3, -0.25) is 9.89 Å². The van der Waals surface area contributed by atoms with Crippen molar-refractivity contribution in [1.29, 1.82) is 0 Å². The van der Waals surface area contributed by atoms with Gasteiger partial charge in [-0.2, -0.15) is 5.10 Å². The summed E-state index contributed by atoms with van der Waals surface area (Å²) in [5.74, 6) is 1.31. The molecule has 1 heterocycles. The maximum Gasteiger partial charge on any atom is 0.225 e. The van der Waals surface area contributed by atoms with Gasteiger partial charge in [-0.25, -0.2) is 0 Å². The Bertz CT molecular complexity index is 608. The first-order valence-electron chi connectivity index (χ1n) is 6.79. The Hall–Kier alpha value is -1.82. The summed E-state index contributed by atoms with van der Waals surface area (Å²) in [6.45, 7) is 2.02. The first kappa shape index (κ1) is 15.6. The number of rotatable bonds is 6.